The number of nitrogens with zero attached hydrogens (tertiary/aromatic N) is 4. The zero-order valence-electron chi connectivity index (χ0n) is 34.1. The molecular weight excluding hydrogens is 765 g/mol. The maximum Gasteiger partial charge on any atom is 0.164 e. The van der Waals surface area contributed by atoms with E-state index in [4.69, 9.17) is 15.0 Å². The van der Waals surface area contributed by atoms with Crippen molar-refractivity contribution < 1.29 is 0 Å². The largest absolute Gasteiger partial charge is 0.208 e. The first kappa shape index (κ1) is 36.3. The smallest absolute Gasteiger partial charge is 0.164 e. The number of rotatable bonds is 6. The Morgan fingerprint density at radius 2 is 0.698 bits per heavy atom. The third-order valence-electron chi connectivity index (χ3n) is 12.8. The van der Waals surface area contributed by atoms with Gasteiger partial charge in [-0.25, -0.2) is 15.0 Å². The first-order valence-electron chi connectivity index (χ1n) is 21.2. The summed E-state index contributed by atoms with van der Waals surface area (Å²) >= 11 is 0. The van der Waals surface area contributed by atoms with E-state index in [1.807, 2.05) is 42.5 Å². The van der Waals surface area contributed by atoms with Crippen LogP contribution in [-0.4, -0.2) is 15.0 Å². The lowest BCUT2D eigenvalue weighted by Gasteiger charge is -2.30. The molecule has 0 amide bonds. The van der Waals surface area contributed by atoms with Crippen LogP contribution in [0, 0.1) is 11.3 Å². The lowest BCUT2D eigenvalue weighted by Crippen LogP contribution is -2.25. The van der Waals surface area contributed by atoms with E-state index in [-0.39, 0.29) is 0 Å². The van der Waals surface area contributed by atoms with Gasteiger partial charge < -0.3 is 0 Å². The Kier molecular flexibility index (Phi) is 8.42. The van der Waals surface area contributed by atoms with Crippen LogP contribution in [0.4, 0.5) is 0 Å². The fourth-order valence-corrected chi connectivity index (χ4v) is 9.93. The Hall–Kier alpha value is -8.52. The molecular formula is C59H36N4. The van der Waals surface area contributed by atoms with Gasteiger partial charge in [-0.1, -0.05) is 182 Å². The van der Waals surface area contributed by atoms with Gasteiger partial charge in [-0.3, -0.25) is 0 Å². The quantitative estimate of drug-likeness (QED) is 0.168. The van der Waals surface area contributed by atoms with Gasteiger partial charge in [0.2, 0.25) is 0 Å². The molecule has 2 aliphatic rings. The SMILES string of the molecule is N#Cc1ccc2c(c1)C1(c3ccccc3-c3ccccc31)c1ccc(-c3cccc(-c4cccc(-c5nc(-c6ccccc6)nc(-c6cccc(-c7ccccc7)c6)n5)c4)c3)cc1-2. The highest BCUT2D eigenvalue weighted by Gasteiger charge is 2.51. The van der Waals surface area contributed by atoms with Crippen LogP contribution in [0.3, 0.4) is 0 Å². The van der Waals surface area contributed by atoms with Gasteiger partial charge in [0.1, 0.15) is 0 Å². The van der Waals surface area contributed by atoms with Crippen LogP contribution in [0.2, 0.25) is 0 Å². The Bertz CT molecular complexity index is 3430. The summed E-state index contributed by atoms with van der Waals surface area (Å²) in [5, 5.41) is 10.1. The lowest BCUT2D eigenvalue weighted by atomic mass is 9.70. The topological polar surface area (TPSA) is 62.5 Å². The van der Waals surface area contributed by atoms with Crippen molar-refractivity contribution in [2.75, 3.05) is 0 Å². The molecule has 1 heterocycles. The van der Waals surface area contributed by atoms with Crippen LogP contribution in [0.5, 0.6) is 0 Å². The van der Waals surface area contributed by atoms with Gasteiger partial charge in [0.15, 0.2) is 17.5 Å². The van der Waals surface area contributed by atoms with Crippen molar-refractivity contribution >= 4 is 0 Å². The van der Waals surface area contributed by atoms with E-state index in [1.165, 1.54) is 38.9 Å². The molecule has 0 radical (unpaired) electrons. The van der Waals surface area contributed by atoms with Crippen LogP contribution in [0.25, 0.3) is 89.8 Å². The molecule has 9 aromatic carbocycles. The summed E-state index contributed by atoms with van der Waals surface area (Å²) in [5.41, 5.74) is 19.4. The standard InChI is InChI=1S/C59H36N4/c60-37-38-28-30-50-51-36-45(29-31-54(51)59(55(50)32-38)52-26-9-7-24-48(52)49-25-8-10-27-53(49)59)43-20-11-19-42(33-43)44-21-13-23-47(35-44)58-62-56(40-16-5-2-6-17-40)61-57(63-58)46-22-12-18-41(34-46)39-14-3-1-4-15-39/h1-36H. The van der Waals surface area contributed by atoms with Crippen LogP contribution >= 0.6 is 0 Å². The minimum atomic E-state index is -0.508. The van der Waals surface area contributed by atoms with Crippen LogP contribution in [0.1, 0.15) is 27.8 Å². The van der Waals surface area contributed by atoms with E-state index in [0.717, 1.165) is 55.6 Å². The van der Waals surface area contributed by atoms with Gasteiger partial charge >= 0.3 is 0 Å². The fourth-order valence-electron chi connectivity index (χ4n) is 9.93. The van der Waals surface area contributed by atoms with Gasteiger partial charge in [-0.15, -0.1) is 0 Å². The molecule has 1 aromatic heterocycles. The van der Waals surface area contributed by atoms with Crippen molar-refractivity contribution in [3.05, 3.63) is 246 Å². The summed E-state index contributed by atoms with van der Waals surface area (Å²) < 4.78 is 0. The monoisotopic (exact) mass is 800 g/mol. The summed E-state index contributed by atoms with van der Waals surface area (Å²) in [6.45, 7) is 0. The number of fused-ring (bicyclic) bond motifs is 10. The highest BCUT2D eigenvalue weighted by Crippen LogP contribution is 2.63. The molecule has 10 aromatic rings. The Labute approximate surface area is 366 Å². The molecule has 0 atom stereocenters. The Balaban J connectivity index is 0.948. The molecule has 0 unspecified atom stereocenters. The molecule has 0 saturated heterocycles. The van der Waals surface area contributed by atoms with Gasteiger partial charge in [0.25, 0.3) is 0 Å². The highest BCUT2D eigenvalue weighted by atomic mass is 15.0. The van der Waals surface area contributed by atoms with Crippen molar-refractivity contribution in [2.24, 2.45) is 0 Å². The highest BCUT2D eigenvalue weighted by molar-refractivity contribution is 5.96. The van der Waals surface area contributed by atoms with E-state index in [0.29, 0.717) is 23.0 Å². The second kappa shape index (κ2) is 14.6. The third kappa shape index (κ3) is 5.86. The van der Waals surface area contributed by atoms with Gasteiger partial charge in [-0.05, 0) is 114 Å². The zero-order chi connectivity index (χ0) is 41.9. The molecule has 292 valence electrons. The van der Waals surface area contributed by atoms with Crippen molar-refractivity contribution in [2.45, 2.75) is 5.41 Å². The number of aromatic nitrogens is 3. The summed E-state index contributed by atoms with van der Waals surface area (Å²) in [7, 11) is 0. The van der Waals surface area contributed by atoms with Crippen molar-refractivity contribution in [1.29, 1.82) is 5.26 Å². The predicted molar refractivity (Wildman–Crippen MR) is 253 cm³/mol. The number of hydrogen-bond donors (Lipinski definition) is 0. The average molecular weight is 801 g/mol. The van der Waals surface area contributed by atoms with Crippen LogP contribution in [-0.2, 0) is 5.41 Å². The summed E-state index contributed by atoms with van der Waals surface area (Å²) in [5.74, 6) is 1.86. The lowest BCUT2D eigenvalue weighted by molar-refractivity contribution is 0.793. The van der Waals surface area contributed by atoms with E-state index in [1.54, 1.807) is 0 Å². The maximum absolute atomic E-state index is 10.1. The second-order valence-electron chi connectivity index (χ2n) is 16.3. The second-order valence-corrected chi connectivity index (χ2v) is 16.3. The van der Waals surface area contributed by atoms with E-state index in [9.17, 15) is 5.26 Å². The molecule has 0 aliphatic heterocycles. The van der Waals surface area contributed by atoms with Gasteiger partial charge in [0, 0.05) is 16.7 Å². The van der Waals surface area contributed by atoms with Crippen molar-refractivity contribution in [1.82, 2.24) is 15.0 Å². The molecule has 0 N–H and O–H groups in total. The Morgan fingerprint density at radius 1 is 0.286 bits per heavy atom. The predicted octanol–water partition coefficient (Wildman–Crippen LogP) is 14.1. The first-order chi connectivity index (χ1) is 31.2. The molecule has 0 saturated carbocycles. The Morgan fingerprint density at radius 3 is 1.27 bits per heavy atom. The van der Waals surface area contributed by atoms with E-state index >= 15 is 0 Å². The fraction of sp³-hybridized carbons (Fsp3) is 0.0169. The number of nitriles is 1. The molecule has 1 spiro atoms. The summed E-state index contributed by atoms with van der Waals surface area (Å²) in [6.07, 6.45) is 0. The van der Waals surface area contributed by atoms with E-state index in [2.05, 4.69) is 182 Å². The molecule has 12 rings (SSSR count). The average Bonchev–Trinajstić information content (AvgIpc) is 3.83. The molecule has 0 fully saturated rings. The molecule has 4 nitrogen and oxygen atoms in total. The number of hydrogen-bond acceptors (Lipinski definition) is 4. The summed E-state index contributed by atoms with van der Waals surface area (Å²) in [4.78, 5) is 15.2. The minimum absolute atomic E-state index is 0.508. The minimum Gasteiger partial charge on any atom is -0.208 e. The van der Waals surface area contributed by atoms with Gasteiger partial charge in [0.05, 0.1) is 17.0 Å². The molecule has 2 aliphatic carbocycles. The molecule has 0 bridgehead atoms. The normalized spacial score (nSPS) is 12.6. The zero-order valence-corrected chi connectivity index (χ0v) is 34.1. The maximum atomic E-state index is 10.1. The van der Waals surface area contributed by atoms with Crippen LogP contribution < -0.4 is 0 Å². The molecule has 4 heteroatoms. The van der Waals surface area contributed by atoms with Crippen molar-refractivity contribution in [3.63, 3.8) is 0 Å². The van der Waals surface area contributed by atoms with Gasteiger partial charge in [-0.2, -0.15) is 5.26 Å². The summed E-state index contributed by atoms with van der Waals surface area (Å²) in [6, 6.07) is 79.2. The number of benzene rings is 9. The van der Waals surface area contributed by atoms with E-state index < -0.39 is 5.41 Å². The first-order valence-corrected chi connectivity index (χ1v) is 21.2. The van der Waals surface area contributed by atoms with Crippen molar-refractivity contribution in [3.8, 4) is 95.9 Å². The van der Waals surface area contributed by atoms with Crippen LogP contribution in [0.15, 0.2) is 218 Å². The third-order valence-corrected chi connectivity index (χ3v) is 12.8. The molecule has 63 heavy (non-hydrogen) atoms.